The number of methoxy groups -OCH3 is 1. The average Bonchev–Trinajstić information content (AvgIpc) is 3.26. The zero-order valence-electron chi connectivity index (χ0n) is 17.7. The van der Waals surface area contributed by atoms with Crippen LogP contribution in [-0.2, 0) is 9.59 Å². The quantitative estimate of drug-likeness (QED) is 0.570. The highest BCUT2D eigenvalue weighted by Crippen LogP contribution is 2.25. The van der Waals surface area contributed by atoms with Crippen molar-refractivity contribution in [1.29, 1.82) is 0 Å². The summed E-state index contributed by atoms with van der Waals surface area (Å²) in [6.07, 6.45) is 5.45. The van der Waals surface area contributed by atoms with E-state index in [4.69, 9.17) is 4.74 Å². The van der Waals surface area contributed by atoms with Crippen LogP contribution in [0.3, 0.4) is 0 Å². The first-order valence-electron chi connectivity index (χ1n) is 10.6. The molecule has 160 valence electrons. The number of nitrogens with one attached hydrogen (secondary N) is 3. The fourth-order valence-electron chi connectivity index (χ4n) is 3.88. The lowest BCUT2D eigenvalue weighted by Gasteiger charge is -2.18. The van der Waals surface area contributed by atoms with E-state index < -0.39 is 6.04 Å². The number of hydrogen-bond acceptors (Lipinski definition) is 4. The van der Waals surface area contributed by atoms with Crippen molar-refractivity contribution in [2.45, 2.75) is 45.1 Å². The molecule has 0 bridgehead atoms. The van der Waals surface area contributed by atoms with Crippen LogP contribution in [0.15, 0.2) is 48.5 Å². The molecule has 2 amide bonds. The molecular weight excluding hydrogens is 378 g/mol. The van der Waals surface area contributed by atoms with E-state index in [0.717, 1.165) is 35.2 Å². The maximum Gasteiger partial charge on any atom is 0.226 e. The first-order valence-corrected chi connectivity index (χ1v) is 10.6. The Morgan fingerprint density at radius 2 is 1.63 bits per heavy atom. The van der Waals surface area contributed by atoms with Crippen molar-refractivity contribution in [3.05, 3.63) is 54.1 Å². The molecular formula is C24H31N3O3. The van der Waals surface area contributed by atoms with Crippen LogP contribution in [0.1, 0.15) is 50.6 Å². The molecule has 0 aliphatic heterocycles. The summed E-state index contributed by atoms with van der Waals surface area (Å²) in [5.74, 6) is 1.16. The number of anilines is 2. The van der Waals surface area contributed by atoms with E-state index in [9.17, 15) is 9.59 Å². The van der Waals surface area contributed by atoms with Gasteiger partial charge in [0.1, 0.15) is 5.75 Å². The normalized spacial score (nSPS) is 14.7. The van der Waals surface area contributed by atoms with Crippen LogP contribution in [0.5, 0.6) is 5.75 Å². The second-order valence-electron chi connectivity index (χ2n) is 7.89. The highest BCUT2D eigenvalue weighted by atomic mass is 16.5. The van der Waals surface area contributed by atoms with Gasteiger partial charge in [0.2, 0.25) is 11.8 Å². The van der Waals surface area contributed by atoms with E-state index in [2.05, 4.69) is 16.0 Å². The minimum atomic E-state index is -0.402. The van der Waals surface area contributed by atoms with Crippen LogP contribution in [0.25, 0.3) is 0 Å². The van der Waals surface area contributed by atoms with E-state index in [1.54, 1.807) is 7.11 Å². The second-order valence-corrected chi connectivity index (χ2v) is 7.89. The van der Waals surface area contributed by atoms with Gasteiger partial charge >= 0.3 is 0 Å². The molecule has 0 aromatic heterocycles. The molecule has 1 atom stereocenters. The van der Waals surface area contributed by atoms with Crippen LogP contribution in [0.2, 0.25) is 0 Å². The molecule has 1 fully saturated rings. The van der Waals surface area contributed by atoms with Gasteiger partial charge in [0.15, 0.2) is 0 Å². The molecule has 0 radical (unpaired) electrons. The third kappa shape index (κ3) is 6.51. The largest absolute Gasteiger partial charge is 0.497 e. The maximum absolute atomic E-state index is 12.6. The summed E-state index contributed by atoms with van der Waals surface area (Å²) in [7, 11) is 1.60. The van der Waals surface area contributed by atoms with Crippen LogP contribution < -0.4 is 20.7 Å². The molecule has 1 unspecified atom stereocenters. The lowest BCUT2D eigenvalue weighted by molar-refractivity contribution is -0.120. The monoisotopic (exact) mass is 409 g/mol. The van der Waals surface area contributed by atoms with Crippen molar-refractivity contribution < 1.29 is 14.3 Å². The Morgan fingerprint density at radius 3 is 2.23 bits per heavy atom. The summed E-state index contributed by atoms with van der Waals surface area (Å²) in [5, 5.41) is 9.25. The fourth-order valence-corrected chi connectivity index (χ4v) is 3.88. The molecule has 1 aliphatic rings. The molecule has 30 heavy (non-hydrogen) atoms. The molecule has 3 N–H and O–H groups in total. The number of carbonyl (C=O) groups excluding carboxylic acids is 2. The van der Waals surface area contributed by atoms with Crippen LogP contribution in [0, 0.1) is 5.92 Å². The molecule has 0 heterocycles. The van der Waals surface area contributed by atoms with Gasteiger partial charge in [-0.25, -0.2) is 0 Å². The van der Waals surface area contributed by atoms with E-state index in [-0.39, 0.29) is 18.2 Å². The highest BCUT2D eigenvalue weighted by Gasteiger charge is 2.18. The Kier molecular flexibility index (Phi) is 7.71. The second kappa shape index (κ2) is 10.7. The summed E-state index contributed by atoms with van der Waals surface area (Å²) in [5.41, 5.74) is 2.66. The first-order chi connectivity index (χ1) is 14.5. The van der Waals surface area contributed by atoms with Crippen molar-refractivity contribution in [2.75, 3.05) is 24.3 Å². The lowest BCUT2D eigenvalue weighted by Crippen LogP contribution is -2.29. The Bertz CT molecular complexity index is 828. The van der Waals surface area contributed by atoms with E-state index in [0.29, 0.717) is 0 Å². The molecule has 1 saturated carbocycles. The zero-order chi connectivity index (χ0) is 21.3. The number of hydrogen-bond donors (Lipinski definition) is 3. The molecule has 0 spiro atoms. The minimum Gasteiger partial charge on any atom is -0.497 e. The number of carbonyl (C=O) groups is 2. The summed E-state index contributed by atoms with van der Waals surface area (Å²) in [6.45, 7) is 2.46. The van der Waals surface area contributed by atoms with E-state index in [1.807, 2.05) is 48.5 Å². The van der Waals surface area contributed by atoms with Crippen molar-refractivity contribution in [3.8, 4) is 5.75 Å². The Balaban J connectivity index is 1.55. The summed E-state index contributed by atoms with van der Waals surface area (Å²) in [6, 6.07) is 14.7. The smallest absolute Gasteiger partial charge is 0.226 e. The van der Waals surface area contributed by atoms with E-state index >= 15 is 0 Å². The Labute approximate surface area is 178 Å². The molecule has 2 aromatic rings. The zero-order valence-corrected chi connectivity index (χ0v) is 17.7. The third-order valence-corrected chi connectivity index (χ3v) is 5.52. The van der Waals surface area contributed by atoms with Crippen molar-refractivity contribution in [2.24, 2.45) is 5.92 Å². The van der Waals surface area contributed by atoms with Gasteiger partial charge in [-0.2, -0.15) is 0 Å². The molecule has 2 aromatic carbocycles. The molecule has 3 rings (SSSR count). The third-order valence-electron chi connectivity index (χ3n) is 5.52. The van der Waals surface area contributed by atoms with Gasteiger partial charge in [-0.15, -0.1) is 0 Å². The summed E-state index contributed by atoms with van der Waals surface area (Å²) >= 11 is 0. The van der Waals surface area contributed by atoms with Crippen LogP contribution >= 0.6 is 0 Å². The average molecular weight is 410 g/mol. The number of ether oxygens (including phenoxy) is 1. The number of amides is 2. The SMILES string of the molecule is COc1ccc(C(CC(=O)Nc2ccc(NCC3CCCC3)cc2)NC(C)=O)cc1. The van der Waals surface area contributed by atoms with Gasteiger partial charge in [0.25, 0.3) is 0 Å². The van der Waals surface area contributed by atoms with Crippen LogP contribution in [0.4, 0.5) is 11.4 Å². The summed E-state index contributed by atoms with van der Waals surface area (Å²) < 4.78 is 5.17. The van der Waals surface area contributed by atoms with Gasteiger partial charge in [0, 0.05) is 24.8 Å². The topological polar surface area (TPSA) is 79.5 Å². The van der Waals surface area contributed by atoms with Gasteiger partial charge in [-0.3, -0.25) is 9.59 Å². The predicted octanol–water partition coefficient (Wildman–Crippen LogP) is 4.50. The number of benzene rings is 2. The minimum absolute atomic E-state index is 0.146. The highest BCUT2D eigenvalue weighted by molar-refractivity contribution is 5.91. The van der Waals surface area contributed by atoms with Crippen molar-refractivity contribution in [1.82, 2.24) is 5.32 Å². The molecule has 6 nitrogen and oxygen atoms in total. The fraction of sp³-hybridized carbons (Fsp3) is 0.417. The summed E-state index contributed by atoms with van der Waals surface area (Å²) in [4.78, 5) is 24.2. The van der Waals surface area contributed by atoms with Crippen LogP contribution in [-0.4, -0.2) is 25.5 Å². The van der Waals surface area contributed by atoms with Crippen molar-refractivity contribution in [3.63, 3.8) is 0 Å². The molecule has 6 heteroatoms. The molecule has 1 aliphatic carbocycles. The predicted molar refractivity (Wildman–Crippen MR) is 120 cm³/mol. The van der Waals surface area contributed by atoms with Gasteiger partial charge in [-0.1, -0.05) is 25.0 Å². The lowest BCUT2D eigenvalue weighted by atomic mass is 10.0. The molecule has 0 saturated heterocycles. The number of rotatable bonds is 9. The van der Waals surface area contributed by atoms with E-state index in [1.165, 1.54) is 32.6 Å². The maximum atomic E-state index is 12.6. The van der Waals surface area contributed by atoms with Crippen molar-refractivity contribution >= 4 is 23.2 Å². The Hall–Kier alpha value is -3.02. The first kappa shape index (κ1) is 21.7. The van der Waals surface area contributed by atoms with Gasteiger partial charge in [0.05, 0.1) is 19.6 Å². The van der Waals surface area contributed by atoms with Gasteiger partial charge in [-0.05, 0) is 60.7 Å². The Morgan fingerprint density at radius 1 is 1.00 bits per heavy atom. The standard InChI is InChI=1S/C24H31N3O3/c1-17(28)26-23(19-7-13-22(30-2)14-8-19)15-24(29)27-21-11-9-20(10-12-21)25-16-18-5-3-4-6-18/h7-14,18,23,25H,3-6,15-16H2,1-2H3,(H,26,28)(H,27,29). The van der Waals surface area contributed by atoms with Gasteiger partial charge < -0.3 is 20.7 Å².